The molecule has 0 saturated heterocycles. The highest BCUT2D eigenvalue weighted by Crippen LogP contribution is 2.26. The first-order chi connectivity index (χ1) is 12.1. The summed E-state index contributed by atoms with van der Waals surface area (Å²) in [5, 5.41) is 10.5. The summed E-state index contributed by atoms with van der Waals surface area (Å²) in [5.41, 5.74) is 3.76. The number of fused-ring (bicyclic) bond motifs is 3. The summed E-state index contributed by atoms with van der Waals surface area (Å²) < 4.78 is 3.14. The second-order valence-corrected chi connectivity index (χ2v) is 7.93. The van der Waals surface area contributed by atoms with Crippen molar-refractivity contribution in [1.29, 1.82) is 0 Å². The molecule has 25 heavy (non-hydrogen) atoms. The lowest BCUT2D eigenvalue weighted by Crippen LogP contribution is -2.03. The van der Waals surface area contributed by atoms with Crippen LogP contribution in [0.15, 0.2) is 59.8 Å². The molecule has 0 saturated carbocycles. The molecule has 0 aliphatic heterocycles. The van der Waals surface area contributed by atoms with Gasteiger partial charge >= 0.3 is 0 Å². The van der Waals surface area contributed by atoms with E-state index in [0.717, 1.165) is 25.5 Å². The van der Waals surface area contributed by atoms with E-state index in [1.54, 1.807) is 0 Å². The van der Waals surface area contributed by atoms with Crippen molar-refractivity contribution in [2.45, 2.75) is 12.1 Å². The molecule has 2 heterocycles. The van der Waals surface area contributed by atoms with Crippen LogP contribution in [-0.2, 0) is 0 Å². The average molecular weight is 459 g/mol. The van der Waals surface area contributed by atoms with Crippen LogP contribution in [0.2, 0.25) is 0 Å². The molecule has 6 heteroatoms. The van der Waals surface area contributed by atoms with Crippen LogP contribution in [0.5, 0.6) is 0 Å². The minimum absolute atomic E-state index is 0.0922. The van der Waals surface area contributed by atoms with Gasteiger partial charge < -0.3 is 0 Å². The Balaban J connectivity index is 1.67. The normalized spacial score (nSPS) is 11.3. The van der Waals surface area contributed by atoms with Gasteiger partial charge in [-0.05, 0) is 59.3 Å². The standard InChI is InChI=1S/C19H14IN3OS/c1-12-10-18-21-22-19(23(18)16-5-3-2-4-15(12)16)25-11-17(24)13-6-8-14(20)9-7-13/h2-10H,11H2,1H3. The molecule has 124 valence electrons. The van der Waals surface area contributed by atoms with Crippen molar-refractivity contribution in [2.24, 2.45) is 0 Å². The molecule has 0 aliphatic rings. The van der Waals surface area contributed by atoms with E-state index in [0.29, 0.717) is 5.75 Å². The number of halogens is 1. The number of Topliss-reactive ketones (excluding diaryl/α,β-unsaturated/α-hetero) is 1. The number of carbonyl (C=O) groups excluding carboxylic acids is 1. The van der Waals surface area contributed by atoms with E-state index in [1.165, 1.54) is 22.7 Å². The smallest absolute Gasteiger partial charge is 0.196 e. The molecule has 2 aromatic carbocycles. The maximum Gasteiger partial charge on any atom is 0.196 e. The molecule has 4 aromatic rings. The van der Waals surface area contributed by atoms with Crippen LogP contribution >= 0.6 is 34.4 Å². The van der Waals surface area contributed by atoms with Crippen LogP contribution in [0.1, 0.15) is 15.9 Å². The van der Waals surface area contributed by atoms with Crippen LogP contribution in [-0.4, -0.2) is 26.1 Å². The molecule has 4 rings (SSSR count). The Hall–Kier alpha value is -1.93. The van der Waals surface area contributed by atoms with Gasteiger partial charge in [0.1, 0.15) is 0 Å². The van der Waals surface area contributed by atoms with Crippen molar-refractivity contribution in [3.63, 3.8) is 0 Å². The van der Waals surface area contributed by atoms with Crippen molar-refractivity contribution in [3.05, 3.63) is 69.3 Å². The fourth-order valence-electron chi connectivity index (χ4n) is 2.82. The number of ketones is 1. The van der Waals surface area contributed by atoms with Gasteiger partial charge in [-0.2, -0.15) is 0 Å². The minimum atomic E-state index is 0.0922. The molecule has 0 N–H and O–H groups in total. The van der Waals surface area contributed by atoms with Crippen LogP contribution in [0.3, 0.4) is 0 Å². The number of benzene rings is 2. The maximum absolute atomic E-state index is 12.4. The molecule has 2 aromatic heterocycles. The van der Waals surface area contributed by atoms with Gasteiger partial charge in [0.2, 0.25) is 0 Å². The average Bonchev–Trinajstić information content (AvgIpc) is 3.03. The van der Waals surface area contributed by atoms with Crippen LogP contribution < -0.4 is 0 Å². The predicted molar refractivity (Wildman–Crippen MR) is 109 cm³/mol. The third kappa shape index (κ3) is 3.16. The molecular weight excluding hydrogens is 445 g/mol. The number of aryl methyl sites for hydroxylation is 1. The van der Waals surface area contributed by atoms with E-state index in [1.807, 2.05) is 46.9 Å². The van der Waals surface area contributed by atoms with Crippen molar-refractivity contribution in [2.75, 3.05) is 5.75 Å². The van der Waals surface area contributed by atoms with Crippen LogP contribution in [0, 0.1) is 10.5 Å². The molecule has 0 atom stereocenters. The van der Waals surface area contributed by atoms with Gasteiger partial charge in [-0.1, -0.05) is 42.1 Å². The number of thioether (sulfide) groups is 1. The fraction of sp³-hybridized carbons (Fsp3) is 0.105. The van der Waals surface area contributed by atoms with Crippen LogP contribution in [0.25, 0.3) is 16.6 Å². The first kappa shape index (κ1) is 16.5. The number of aromatic nitrogens is 3. The Morgan fingerprint density at radius 2 is 1.88 bits per heavy atom. The SMILES string of the molecule is Cc1cc2nnc(SCC(=O)c3ccc(I)cc3)n2c2ccccc12. The third-order valence-electron chi connectivity index (χ3n) is 4.07. The Morgan fingerprint density at radius 1 is 1.12 bits per heavy atom. The summed E-state index contributed by atoms with van der Waals surface area (Å²) in [7, 11) is 0. The zero-order valence-electron chi connectivity index (χ0n) is 13.4. The van der Waals surface area contributed by atoms with Crippen molar-refractivity contribution in [1.82, 2.24) is 14.6 Å². The number of para-hydroxylation sites is 1. The van der Waals surface area contributed by atoms with Gasteiger partial charge in [0.25, 0.3) is 0 Å². The zero-order chi connectivity index (χ0) is 17.4. The molecule has 0 spiro atoms. The first-order valence-corrected chi connectivity index (χ1v) is 9.85. The zero-order valence-corrected chi connectivity index (χ0v) is 16.4. The largest absolute Gasteiger partial charge is 0.293 e. The molecule has 0 bridgehead atoms. The summed E-state index contributed by atoms with van der Waals surface area (Å²) >= 11 is 3.65. The highest BCUT2D eigenvalue weighted by molar-refractivity contribution is 14.1. The summed E-state index contributed by atoms with van der Waals surface area (Å²) in [4.78, 5) is 12.4. The summed E-state index contributed by atoms with van der Waals surface area (Å²) in [6.45, 7) is 2.07. The quantitative estimate of drug-likeness (QED) is 0.251. The third-order valence-corrected chi connectivity index (χ3v) is 5.72. The summed E-state index contributed by atoms with van der Waals surface area (Å²) in [6.07, 6.45) is 0. The second kappa shape index (κ2) is 6.76. The van der Waals surface area contributed by atoms with Gasteiger partial charge in [-0.3, -0.25) is 9.20 Å². The molecular formula is C19H14IN3OS. The van der Waals surface area contributed by atoms with E-state index in [-0.39, 0.29) is 5.78 Å². The number of nitrogens with zero attached hydrogens (tertiary/aromatic N) is 3. The minimum Gasteiger partial charge on any atom is -0.293 e. The number of hydrogen-bond donors (Lipinski definition) is 0. The molecule has 0 amide bonds. The predicted octanol–water partition coefficient (Wildman–Crippen LogP) is 4.77. The Morgan fingerprint density at radius 3 is 2.68 bits per heavy atom. The van der Waals surface area contributed by atoms with Crippen molar-refractivity contribution < 1.29 is 4.79 Å². The highest BCUT2D eigenvalue weighted by atomic mass is 127. The number of pyridine rings is 1. The van der Waals surface area contributed by atoms with E-state index in [4.69, 9.17) is 0 Å². The van der Waals surface area contributed by atoms with E-state index < -0.39 is 0 Å². The number of carbonyl (C=O) groups is 1. The monoisotopic (exact) mass is 459 g/mol. The lowest BCUT2D eigenvalue weighted by Gasteiger charge is -2.07. The maximum atomic E-state index is 12.4. The van der Waals surface area contributed by atoms with Gasteiger partial charge in [-0.15, -0.1) is 10.2 Å². The Kier molecular flexibility index (Phi) is 4.47. The number of rotatable bonds is 4. The lowest BCUT2D eigenvalue weighted by atomic mass is 10.1. The van der Waals surface area contributed by atoms with Crippen molar-refractivity contribution >= 4 is 56.7 Å². The summed E-state index contributed by atoms with van der Waals surface area (Å²) in [6, 6.07) is 17.8. The topological polar surface area (TPSA) is 47.3 Å². The van der Waals surface area contributed by atoms with E-state index in [2.05, 4.69) is 51.8 Å². The highest BCUT2D eigenvalue weighted by Gasteiger charge is 2.13. The van der Waals surface area contributed by atoms with Crippen LogP contribution in [0.4, 0.5) is 0 Å². The molecule has 0 fully saturated rings. The molecule has 4 nitrogen and oxygen atoms in total. The number of hydrogen-bond acceptors (Lipinski definition) is 4. The first-order valence-electron chi connectivity index (χ1n) is 7.78. The second-order valence-electron chi connectivity index (χ2n) is 5.74. The Labute approximate surface area is 162 Å². The fourth-order valence-corrected chi connectivity index (χ4v) is 4.02. The Bertz CT molecular complexity index is 1090. The van der Waals surface area contributed by atoms with Gasteiger partial charge in [0.15, 0.2) is 16.6 Å². The molecule has 0 unspecified atom stereocenters. The van der Waals surface area contributed by atoms with Gasteiger partial charge in [-0.25, -0.2) is 0 Å². The molecule has 0 radical (unpaired) electrons. The van der Waals surface area contributed by atoms with Gasteiger partial charge in [0, 0.05) is 14.5 Å². The van der Waals surface area contributed by atoms with E-state index >= 15 is 0 Å². The summed E-state index contributed by atoms with van der Waals surface area (Å²) in [5.74, 6) is 0.429. The van der Waals surface area contributed by atoms with E-state index in [9.17, 15) is 4.79 Å². The molecule has 0 aliphatic carbocycles. The lowest BCUT2D eigenvalue weighted by molar-refractivity contribution is 0.102. The van der Waals surface area contributed by atoms with Gasteiger partial charge in [0.05, 0.1) is 11.3 Å². The van der Waals surface area contributed by atoms with Crippen molar-refractivity contribution in [3.8, 4) is 0 Å².